The van der Waals surface area contributed by atoms with Crippen LogP contribution in [0.3, 0.4) is 0 Å². The molecular formula is C59H96O5. The minimum atomic E-state index is -0.786. The van der Waals surface area contributed by atoms with Gasteiger partial charge in [-0.1, -0.05) is 225 Å². The molecule has 5 heteroatoms. The predicted molar refractivity (Wildman–Crippen MR) is 278 cm³/mol. The lowest BCUT2D eigenvalue weighted by molar-refractivity contribution is -0.161. The van der Waals surface area contributed by atoms with Gasteiger partial charge in [-0.05, 0) is 103 Å². The fourth-order valence-corrected chi connectivity index (χ4v) is 6.90. The minimum Gasteiger partial charge on any atom is -0.462 e. The number of aliphatic hydroxyl groups is 1. The Kier molecular flexibility index (Phi) is 50.5. The zero-order chi connectivity index (χ0) is 46.3. The molecule has 1 unspecified atom stereocenters. The van der Waals surface area contributed by atoms with E-state index in [2.05, 4.69) is 135 Å². The van der Waals surface area contributed by atoms with Crippen LogP contribution in [0.5, 0.6) is 0 Å². The van der Waals surface area contributed by atoms with Gasteiger partial charge in [0.1, 0.15) is 6.61 Å². The fourth-order valence-electron chi connectivity index (χ4n) is 6.90. The molecule has 0 saturated carbocycles. The van der Waals surface area contributed by atoms with Gasteiger partial charge < -0.3 is 14.6 Å². The molecule has 0 saturated heterocycles. The van der Waals surface area contributed by atoms with Crippen LogP contribution in [0.15, 0.2) is 122 Å². The third-order valence-corrected chi connectivity index (χ3v) is 10.8. The lowest BCUT2D eigenvalue weighted by atomic mass is 10.0. The van der Waals surface area contributed by atoms with Gasteiger partial charge >= 0.3 is 11.9 Å². The van der Waals surface area contributed by atoms with E-state index in [4.69, 9.17) is 9.47 Å². The quantitative estimate of drug-likeness (QED) is 0.0375. The number of unbranched alkanes of at least 4 members (excludes halogenated alkanes) is 18. The predicted octanol–water partition coefficient (Wildman–Crippen LogP) is 17.5. The van der Waals surface area contributed by atoms with Gasteiger partial charge in [0.2, 0.25) is 0 Å². The largest absolute Gasteiger partial charge is 0.462 e. The van der Waals surface area contributed by atoms with Crippen molar-refractivity contribution in [2.75, 3.05) is 13.2 Å². The van der Waals surface area contributed by atoms with Crippen LogP contribution in [0.4, 0.5) is 0 Å². The molecule has 64 heavy (non-hydrogen) atoms. The first-order chi connectivity index (χ1) is 31.6. The highest BCUT2D eigenvalue weighted by atomic mass is 16.6. The van der Waals surface area contributed by atoms with Crippen LogP contribution in [0, 0.1) is 0 Å². The van der Waals surface area contributed by atoms with Crippen molar-refractivity contribution in [3.63, 3.8) is 0 Å². The Hall–Kier alpha value is -3.70. The van der Waals surface area contributed by atoms with E-state index in [9.17, 15) is 14.7 Å². The standard InChI is InChI=1S/C59H96O5/c1-3-5-7-9-11-13-15-17-19-21-22-23-24-25-26-27-28-29-30-31-32-33-34-35-36-38-40-42-44-46-48-50-52-54-59(62)64-57(55-60)56-63-58(61)53-51-49-47-45-43-41-39-37-20-18-16-14-12-10-8-6-4-2/h5-8,11-14,17-20,22-23,25-26,28-29,31-32,57,60H,3-4,9-10,15-16,21,24,27,30,33-56H2,1-2H3/b7-5-,8-6-,13-11-,14-12-,19-17-,20-18-,23-22-,26-25-,29-28-,32-31-. The van der Waals surface area contributed by atoms with Gasteiger partial charge in [-0.25, -0.2) is 0 Å². The summed E-state index contributed by atoms with van der Waals surface area (Å²) in [4.78, 5) is 24.4. The molecule has 0 amide bonds. The van der Waals surface area contributed by atoms with Crippen molar-refractivity contribution in [1.29, 1.82) is 0 Å². The molecule has 0 aliphatic heterocycles. The van der Waals surface area contributed by atoms with Gasteiger partial charge in [0.05, 0.1) is 6.61 Å². The molecule has 0 radical (unpaired) electrons. The average molecular weight is 885 g/mol. The van der Waals surface area contributed by atoms with Crippen molar-refractivity contribution in [1.82, 2.24) is 0 Å². The summed E-state index contributed by atoms with van der Waals surface area (Å²) in [5, 5.41) is 9.63. The van der Waals surface area contributed by atoms with Crippen molar-refractivity contribution in [3.05, 3.63) is 122 Å². The van der Waals surface area contributed by atoms with Crippen molar-refractivity contribution in [2.24, 2.45) is 0 Å². The summed E-state index contributed by atoms with van der Waals surface area (Å²) < 4.78 is 10.7. The third-order valence-electron chi connectivity index (χ3n) is 10.8. The molecule has 0 aliphatic rings. The molecule has 0 heterocycles. The van der Waals surface area contributed by atoms with Gasteiger partial charge in [0.25, 0.3) is 0 Å². The summed E-state index contributed by atoms with van der Waals surface area (Å²) in [6.45, 7) is 3.90. The Labute approximate surface area is 394 Å². The van der Waals surface area contributed by atoms with Gasteiger partial charge in [-0.2, -0.15) is 0 Å². The summed E-state index contributed by atoms with van der Waals surface area (Å²) in [5.74, 6) is -0.611. The summed E-state index contributed by atoms with van der Waals surface area (Å²) >= 11 is 0. The lowest BCUT2D eigenvalue weighted by Crippen LogP contribution is -2.28. The molecule has 362 valence electrons. The molecule has 0 aliphatic carbocycles. The molecule has 1 atom stereocenters. The molecule has 0 rings (SSSR count). The second-order valence-corrected chi connectivity index (χ2v) is 16.8. The molecule has 0 spiro atoms. The van der Waals surface area contributed by atoms with Gasteiger partial charge in [-0.15, -0.1) is 0 Å². The van der Waals surface area contributed by atoms with E-state index < -0.39 is 6.10 Å². The van der Waals surface area contributed by atoms with Gasteiger partial charge in [0, 0.05) is 12.8 Å². The van der Waals surface area contributed by atoms with Crippen LogP contribution in [0.25, 0.3) is 0 Å². The fraction of sp³-hybridized carbons (Fsp3) is 0.627. The van der Waals surface area contributed by atoms with Crippen LogP contribution in [0.2, 0.25) is 0 Å². The van der Waals surface area contributed by atoms with E-state index in [-0.39, 0.29) is 25.2 Å². The van der Waals surface area contributed by atoms with Gasteiger partial charge in [0.15, 0.2) is 6.10 Å². The topological polar surface area (TPSA) is 72.8 Å². The van der Waals surface area contributed by atoms with E-state index in [0.29, 0.717) is 12.8 Å². The SMILES string of the molecule is CC/C=C\C/C=C\C/C=C\C/C=C\C/C=C\C/C=C\C/C=C\CCCCCCCCCCCCCC(=O)OC(CO)COC(=O)CCCCCCCCC/C=C\C/C=C\C/C=C\CC. The van der Waals surface area contributed by atoms with Gasteiger partial charge in [-0.3, -0.25) is 9.59 Å². The van der Waals surface area contributed by atoms with E-state index in [1.165, 1.54) is 83.5 Å². The first-order valence-electron chi connectivity index (χ1n) is 26.1. The number of hydrogen-bond donors (Lipinski definition) is 1. The molecule has 1 N–H and O–H groups in total. The first-order valence-corrected chi connectivity index (χ1v) is 26.1. The van der Waals surface area contributed by atoms with Crippen molar-refractivity contribution in [3.8, 4) is 0 Å². The maximum atomic E-state index is 12.3. The second kappa shape index (κ2) is 53.6. The Morgan fingerprint density at radius 2 is 0.625 bits per heavy atom. The summed E-state index contributed by atoms with van der Waals surface area (Å²) in [6.07, 6.45) is 78.6. The number of rotatable bonds is 46. The average Bonchev–Trinajstić information content (AvgIpc) is 3.30. The number of ether oxygens (including phenoxy) is 2. The zero-order valence-corrected chi connectivity index (χ0v) is 41.2. The molecule has 0 aromatic carbocycles. The van der Waals surface area contributed by atoms with E-state index >= 15 is 0 Å². The second-order valence-electron chi connectivity index (χ2n) is 16.8. The van der Waals surface area contributed by atoms with Crippen LogP contribution < -0.4 is 0 Å². The van der Waals surface area contributed by atoms with Crippen LogP contribution in [-0.4, -0.2) is 36.4 Å². The number of carbonyl (C=O) groups is 2. The number of aliphatic hydroxyl groups excluding tert-OH is 1. The van der Waals surface area contributed by atoms with Crippen LogP contribution >= 0.6 is 0 Å². The van der Waals surface area contributed by atoms with Crippen molar-refractivity contribution >= 4 is 11.9 Å². The summed E-state index contributed by atoms with van der Waals surface area (Å²) in [7, 11) is 0. The minimum absolute atomic E-state index is 0.0785. The van der Waals surface area contributed by atoms with E-state index in [0.717, 1.165) is 109 Å². The number of esters is 2. The highest BCUT2D eigenvalue weighted by Gasteiger charge is 2.16. The highest BCUT2D eigenvalue weighted by molar-refractivity contribution is 5.70. The Balaban J connectivity index is 3.56. The molecular weight excluding hydrogens is 789 g/mol. The molecule has 5 nitrogen and oxygen atoms in total. The lowest BCUT2D eigenvalue weighted by Gasteiger charge is -2.15. The van der Waals surface area contributed by atoms with Crippen LogP contribution in [0.1, 0.15) is 219 Å². The third kappa shape index (κ3) is 50.9. The van der Waals surface area contributed by atoms with Crippen LogP contribution in [-0.2, 0) is 19.1 Å². The number of allylic oxidation sites excluding steroid dienone is 20. The molecule has 0 bridgehead atoms. The van der Waals surface area contributed by atoms with Crippen molar-refractivity contribution in [2.45, 2.75) is 225 Å². The van der Waals surface area contributed by atoms with E-state index in [1.54, 1.807) is 0 Å². The highest BCUT2D eigenvalue weighted by Crippen LogP contribution is 2.14. The maximum Gasteiger partial charge on any atom is 0.306 e. The number of carbonyl (C=O) groups excluding carboxylic acids is 2. The Morgan fingerprint density at radius 1 is 0.359 bits per heavy atom. The zero-order valence-electron chi connectivity index (χ0n) is 41.2. The monoisotopic (exact) mass is 885 g/mol. The molecule has 0 aromatic heterocycles. The smallest absolute Gasteiger partial charge is 0.306 e. The summed E-state index contributed by atoms with van der Waals surface area (Å²) in [6, 6.07) is 0. The Bertz CT molecular complexity index is 1320. The summed E-state index contributed by atoms with van der Waals surface area (Å²) in [5.41, 5.74) is 0. The first kappa shape index (κ1) is 60.3. The maximum absolute atomic E-state index is 12.3. The normalized spacial score (nSPS) is 13.2. The molecule has 0 fully saturated rings. The Morgan fingerprint density at radius 3 is 0.938 bits per heavy atom. The van der Waals surface area contributed by atoms with Crippen molar-refractivity contribution < 1.29 is 24.2 Å². The number of hydrogen-bond acceptors (Lipinski definition) is 5. The molecule has 0 aromatic rings. The van der Waals surface area contributed by atoms with E-state index in [1.807, 2.05) is 0 Å².